The van der Waals surface area contributed by atoms with Crippen LogP contribution >= 0.6 is 0 Å². The van der Waals surface area contributed by atoms with Gasteiger partial charge in [-0.25, -0.2) is 9.97 Å². The second kappa shape index (κ2) is 4.65. The molecule has 0 aliphatic carbocycles. The highest BCUT2D eigenvalue weighted by atomic mass is 16.3. The minimum absolute atomic E-state index is 0.108. The number of furan rings is 1. The molecular weight excluding hydrogens is 220 g/mol. The fraction of sp³-hybridized carbons (Fsp3) is 0.182. The maximum absolute atomic E-state index is 11.8. The van der Waals surface area contributed by atoms with Gasteiger partial charge in [0.2, 0.25) is 0 Å². The highest BCUT2D eigenvalue weighted by Gasteiger charge is 2.16. The molecule has 0 spiro atoms. The lowest BCUT2D eigenvalue weighted by Gasteiger charge is -2.11. The van der Waals surface area contributed by atoms with Gasteiger partial charge < -0.3 is 15.5 Å². The summed E-state index contributed by atoms with van der Waals surface area (Å²) in [5, 5.41) is 2.72. The van der Waals surface area contributed by atoms with Crippen molar-refractivity contribution in [2.24, 2.45) is 0 Å². The Labute approximate surface area is 97.9 Å². The summed E-state index contributed by atoms with van der Waals surface area (Å²) in [5.41, 5.74) is 5.67. The van der Waals surface area contributed by atoms with Crippen molar-refractivity contribution in [2.45, 2.75) is 13.0 Å². The van der Waals surface area contributed by atoms with Gasteiger partial charge in [-0.3, -0.25) is 4.79 Å². The molecule has 2 rings (SSSR count). The number of nitrogens with two attached hydrogens (primary N) is 1. The highest BCUT2D eigenvalue weighted by Crippen LogP contribution is 2.13. The van der Waals surface area contributed by atoms with Crippen LogP contribution in [-0.4, -0.2) is 15.9 Å². The Morgan fingerprint density at radius 1 is 1.47 bits per heavy atom. The SMILES string of the molecule is CC(NC(=O)c1nccnc1N)c1ccco1. The molecular formula is C11H12N4O2. The van der Waals surface area contributed by atoms with E-state index in [4.69, 9.17) is 10.2 Å². The number of carbonyl (C=O) groups excluding carboxylic acids is 1. The van der Waals surface area contributed by atoms with Crippen LogP contribution in [0.5, 0.6) is 0 Å². The van der Waals surface area contributed by atoms with Crippen molar-refractivity contribution in [3.63, 3.8) is 0 Å². The van der Waals surface area contributed by atoms with Crippen molar-refractivity contribution in [3.8, 4) is 0 Å². The number of nitrogens with zero attached hydrogens (tertiary/aromatic N) is 2. The highest BCUT2D eigenvalue weighted by molar-refractivity contribution is 5.96. The first kappa shape index (κ1) is 11.1. The number of nitrogen functional groups attached to an aromatic ring is 1. The predicted molar refractivity (Wildman–Crippen MR) is 61.0 cm³/mol. The van der Waals surface area contributed by atoms with E-state index in [0.29, 0.717) is 5.76 Å². The molecule has 0 saturated carbocycles. The van der Waals surface area contributed by atoms with Crippen molar-refractivity contribution < 1.29 is 9.21 Å². The number of aromatic nitrogens is 2. The smallest absolute Gasteiger partial charge is 0.274 e. The second-order valence-electron chi connectivity index (χ2n) is 3.50. The van der Waals surface area contributed by atoms with Crippen LogP contribution in [0.2, 0.25) is 0 Å². The second-order valence-corrected chi connectivity index (χ2v) is 3.50. The average molecular weight is 232 g/mol. The first-order chi connectivity index (χ1) is 8.18. The molecule has 1 unspecified atom stereocenters. The molecule has 2 heterocycles. The zero-order valence-corrected chi connectivity index (χ0v) is 9.25. The molecule has 0 aliphatic rings. The minimum atomic E-state index is -0.375. The van der Waals surface area contributed by atoms with E-state index in [-0.39, 0.29) is 23.5 Å². The standard InChI is InChI=1S/C11H12N4O2/c1-7(8-3-2-6-17-8)15-11(16)9-10(12)14-5-4-13-9/h2-7H,1H3,(H2,12,14)(H,15,16). The molecule has 0 fully saturated rings. The fourth-order valence-corrected chi connectivity index (χ4v) is 1.40. The normalized spacial score (nSPS) is 12.1. The number of amides is 1. The van der Waals surface area contributed by atoms with Crippen LogP contribution in [0.1, 0.15) is 29.2 Å². The fourth-order valence-electron chi connectivity index (χ4n) is 1.40. The van der Waals surface area contributed by atoms with Crippen molar-refractivity contribution in [2.75, 3.05) is 5.73 Å². The van der Waals surface area contributed by atoms with Gasteiger partial charge in [0.25, 0.3) is 5.91 Å². The Balaban J connectivity index is 2.10. The summed E-state index contributed by atoms with van der Waals surface area (Å²) >= 11 is 0. The number of hydrogen-bond acceptors (Lipinski definition) is 5. The molecule has 6 heteroatoms. The summed E-state index contributed by atoms with van der Waals surface area (Å²) in [6, 6.07) is 3.29. The minimum Gasteiger partial charge on any atom is -0.467 e. The summed E-state index contributed by atoms with van der Waals surface area (Å²) in [6.45, 7) is 1.81. The average Bonchev–Trinajstić information content (AvgIpc) is 2.82. The first-order valence-electron chi connectivity index (χ1n) is 5.09. The number of hydrogen-bond donors (Lipinski definition) is 2. The van der Waals surface area contributed by atoms with Gasteiger partial charge in [-0.15, -0.1) is 0 Å². The largest absolute Gasteiger partial charge is 0.467 e. The summed E-state index contributed by atoms with van der Waals surface area (Å²) in [6.07, 6.45) is 4.40. The quantitative estimate of drug-likeness (QED) is 0.827. The van der Waals surface area contributed by atoms with Gasteiger partial charge in [0, 0.05) is 12.4 Å². The lowest BCUT2D eigenvalue weighted by Crippen LogP contribution is -2.28. The molecule has 2 aromatic heterocycles. The maximum atomic E-state index is 11.8. The summed E-state index contributed by atoms with van der Waals surface area (Å²) in [5.74, 6) is 0.400. The zero-order chi connectivity index (χ0) is 12.3. The van der Waals surface area contributed by atoms with E-state index in [9.17, 15) is 4.79 Å². The van der Waals surface area contributed by atoms with E-state index < -0.39 is 0 Å². The lowest BCUT2D eigenvalue weighted by atomic mass is 10.2. The number of rotatable bonds is 3. The Morgan fingerprint density at radius 2 is 2.24 bits per heavy atom. The molecule has 88 valence electrons. The summed E-state index contributed by atoms with van der Waals surface area (Å²) in [4.78, 5) is 19.5. The van der Waals surface area contributed by atoms with E-state index in [1.54, 1.807) is 18.4 Å². The third kappa shape index (κ3) is 2.41. The number of anilines is 1. The Morgan fingerprint density at radius 3 is 2.88 bits per heavy atom. The predicted octanol–water partition coefficient (Wildman–Crippen LogP) is 1.14. The molecule has 3 N–H and O–H groups in total. The number of carbonyl (C=O) groups is 1. The molecule has 1 amide bonds. The summed E-state index contributed by atoms with van der Waals surface area (Å²) < 4.78 is 5.18. The Bertz CT molecular complexity index is 510. The van der Waals surface area contributed by atoms with Crippen LogP contribution in [0, 0.1) is 0 Å². The van der Waals surface area contributed by atoms with Gasteiger partial charge >= 0.3 is 0 Å². The molecule has 0 bridgehead atoms. The summed E-state index contributed by atoms with van der Waals surface area (Å²) in [7, 11) is 0. The van der Waals surface area contributed by atoms with Crippen molar-refractivity contribution in [1.29, 1.82) is 0 Å². The Kier molecular flexibility index (Phi) is 3.04. The Hall–Kier alpha value is -2.37. The van der Waals surface area contributed by atoms with Gasteiger partial charge in [-0.2, -0.15) is 0 Å². The molecule has 0 aromatic carbocycles. The molecule has 0 radical (unpaired) electrons. The molecule has 6 nitrogen and oxygen atoms in total. The van der Waals surface area contributed by atoms with Gasteiger partial charge in [-0.1, -0.05) is 0 Å². The van der Waals surface area contributed by atoms with Crippen LogP contribution in [0.4, 0.5) is 5.82 Å². The molecule has 0 saturated heterocycles. The molecule has 0 aliphatic heterocycles. The van der Waals surface area contributed by atoms with Crippen LogP contribution in [0.3, 0.4) is 0 Å². The number of nitrogens with one attached hydrogen (secondary N) is 1. The molecule has 17 heavy (non-hydrogen) atoms. The maximum Gasteiger partial charge on any atom is 0.274 e. The monoisotopic (exact) mass is 232 g/mol. The lowest BCUT2D eigenvalue weighted by molar-refractivity contribution is 0.0931. The van der Waals surface area contributed by atoms with Crippen molar-refractivity contribution >= 4 is 11.7 Å². The third-order valence-electron chi connectivity index (χ3n) is 2.26. The van der Waals surface area contributed by atoms with Crippen LogP contribution in [0.25, 0.3) is 0 Å². The molecule has 1 atom stereocenters. The van der Waals surface area contributed by atoms with Crippen LogP contribution in [-0.2, 0) is 0 Å². The van der Waals surface area contributed by atoms with E-state index in [1.807, 2.05) is 6.92 Å². The van der Waals surface area contributed by atoms with Gasteiger partial charge in [0.15, 0.2) is 11.5 Å². The van der Waals surface area contributed by atoms with E-state index in [2.05, 4.69) is 15.3 Å². The van der Waals surface area contributed by atoms with Gasteiger partial charge in [0.1, 0.15) is 5.76 Å². The topological polar surface area (TPSA) is 94.0 Å². The van der Waals surface area contributed by atoms with E-state index in [1.165, 1.54) is 12.4 Å². The first-order valence-corrected chi connectivity index (χ1v) is 5.09. The van der Waals surface area contributed by atoms with Gasteiger partial charge in [0.05, 0.1) is 12.3 Å². The van der Waals surface area contributed by atoms with Gasteiger partial charge in [-0.05, 0) is 19.1 Å². The van der Waals surface area contributed by atoms with E-state index in [0.717, 1.165) is 0 Å². The van der Waals surface area contributed by atoms with Crippen LogP contribution < -0.4 is 11.1 Å². The third-order valence-corrected chi connectivity index (χ3v) is 2.26. The van der Waals surface area contributed by atoms with E-state index >= 15 is 0 Å². The van der Waals surface area contributed by atoms with Crippen molar-refractivity contribution in [1.82, 2.24) is 15.3 Å². The zero-order valence-electron chi connectivity index (χ0n) is 9.25. The van der Waals surface area contributed by atoms with Crippen molar-refractivity contribution in [3.05, 3.63) is 42.2 Å². The van der Waals surface area contributed by atoms with Crippen LogP contribution in [0.15, 0.2) is 35.2 Å². The molecule has 2 aromatic rings.